The third-order valence-corrected chi connectivity index (χ3v) is 4.75. The Hall–Kier alpha value is -4.07. The fourth-order valence-electron chi connectivity index (χ4n) is 3.47. The van der Waals surface area contributed by atoms with Gasteiger partial charge in [0.25, 0.3) is 0 Å². The minimum atomic E-state index is -4.84. The molecule has 8 heteroatoms. The van der Waals surface area contributed by atoms with Gasteiger partial charge in [0.05, 0.1) is 22.6 Å². The van der Waals surface area contributed by atoms with E-state index in [0.717, 1.165) is 17.1 Å². The largest absolute Gasteiger partial charge is 0.574 e. The van der Waals surface area contributed by atoms with Crippen molar-refractivity contribution in [3.05, 3.63) is 78.5 Å². The number of fused-ring (bicyclic) bond motifs is 2. The summed E-state index contributed by atoms with van der Waals surface area (Å²) < 4.78 is 53.6. The lowest BCUT2D eigenvalue weighted by molar-refractivity contribution is -0.276. The monoisotopic (exact) mass is 436 g/mol. The van der Waals surface area contributed by atoms with Crippen LogP contribution in [0.15, 0.2) is 77.3 Å². The summed E-state index contributed by atoms with van der Waals surface area (Å²) in [5.74, 6) is 1.18. The Morgan fingerprint density at radius 2 is 1.75 bits per heavy atom. The van der Waals surface area contributed by atoms with E-state index in [1.54, 1.807) is 6.07 Å². The van der Waals surface area contributed by atoms with Crippen molar-refractivity contribution in [2.45, 2.75) is 13.3 Å². The van der Waals surface area contributed by atoms with Gasteiger partial charge in [-0.05, 0) is 55.0 Å². The Bertz CT molecular complexity index is 1430. The SMILES string of the molecule is Cc1cc(-c2cc3c(Oc4ccccc4)cccc3o2)c2ncc(OC(F)(F)F)nc2c1. The zero-order valence-corrected chi connectivity index (χ0v) is 16.7. The maximum Gasteiger partial charge on any atom is 0.574 e. The fourth-order valence-corrected chi connectivity index (χ4v) is 3.47. The minimum Gasteiger partial charge on any atom is -0.457 e. The summed E-state index contributed by atoms with van der Waals surface area (Å²) in [5, 5.41) is 0.756. The molecule has 0 fully saturated rings. The Labute approximate surface area is 180 Å². The summed E-state index contributed by atoms with van der Waals surface area (Å²) in [6, 6.07) is 20.1. The summed E-state index contributed by atoms with van der Waals surface area (Å²) in [6.07, 6.45) is -3.90. The maximum atomic E-state index is 12.6. The summed E-state index contributed by atoms with van der Waals surface area (Å²) in [4.78, 5) is 8.13. The van der Waals surface area contributed by atoms with E-state index in [4.69, 9.17) is 9.15 Å². The van der Waals surface area contributed by atoms with Gasteiger partial charge in [0.1, 0.15) is 22.8 Å². The van der Waals surface area contributed by atoms with Crippen LogP contribution >= 0.6 is 0 Å². The first-order chi connectivity index (χ1) is 15.4. The zero-order chi connectivity index (χ0) is 22.3. The first-order valence-electron chi connectivity index (χ1n) is 9.65. The van der Waals surface area contributed by atoms with Crippen molar-refractivity contribution in [2.24, 2.45) is 0 Å². The van der Waals surface area contributed by atoms with Crippen LogP contribution in [0.1, 0.15) is 5.56 Å². The highest BCUT2D eigenvalue weighted by Crippen LogP contribution is 2.38. The number of aryl methyl sites for hydroxylation is 1. The van der Waals surface area contributed by atoms with Crippen LogP contribution in [0.5, 0.6) is 17.4 Å². The van der Waals surface area contributed by atoms with Crippen molar-refractivity contribution >= 4 is 22.0 Å². The molecule has 2 heterocycles. The van der Waals surface area contributed by atoms with E-state index in [0.29, 0.717) is 33.9 Å². The summed E-state index contributed by atoms with van der Waals surface area (Å²) in [5.41, 5.74) is 2.66. The molecule has 0 saturated carbocycles. The molecule has 0 aliphatic heterocycles. The van der Waals surface area contributed by atoms with Gasteiger partial charge in [0.15, 0.2) is 0 Å². The van der Waals surface area contributed by atoms with E-state index < -0.39 is 12.2 Å². The van der Waals surface area contributed by atoms with Crippen LogP contribution in [0.4, 0.5) is 13.2 Å². The van der Waals surface area contributed by atoms with Crippen molar-refractivity contribution in [1.29, 1.82) is 0 Å². The number of alkyl halides is 3. The molecule has 0 N–H and O–H groups in total. The average Bonchev–Trinajstić information content (AvgIpc) is 3.18. The predicted molar refractivity (Wildman–Crippen MR) is 113 cm³/mol. The van der Waals surface area contributed by atoms with E-state index in [9.17, 15) is 13.2 Å². The van der Waals surface area contributed by atoms with E-state index in [2.05, 4.69) is 14.7 Å². The summed E-state index contributed by atoms with van der Waals surface area (Å²) in [6.45, 7) is 1.81. The van der Waals surface area contributed by atoms with Crippen LogP contribution in [-0.2, 0) is 0 Å². The van der Waals surface area contributed by atoms with Crippen molar-refractivity contribution in [3.8, 4) is 28.7 Å². The standard InChI is InChI=1S/C24H15F3N2O3/c1-14-10-17(23-18(11-14)29-22(13-28-23)32-24(25,26)27)21-12-16-19(8-5-9-20(16)31-21)30-15-6-3-2-4-7-15/h2-13H,1H3. The van der Waals surface area contributed by atoms with Crippen LogP contribution in [0.2, 0.25) is 0 Å². The van der Waals surface area contributed by atoms with Crippen molar-refractivity contribution in [1.82, 2.24) is 9.97 Å². The van der Waals surface area contributed by atoms with Gasteiger partial charge >= 0.3 is 6.36 Å². The molecule has 0 amide bonds. The lowest BCUT2D eigenvalue weighted by Crippen LogP contribution is -2.18. The minimum absolute atomic E-state index is 0.267. The van der Waals surface area contributed by atoms with Gasteiger partial charge in [-0.25, -0.2) is 9.97 Å². The molecule has 32 heavy (non-hydrogen) atoms. The van der Waals surface area contributed by atoms with Crippen molar-refractivity contribution < 1.29 is 27.1 Å². The highest BCUT2D eigenvalue weighted by Gasteiger charge is 2.32. The third kappa shape index (κ3) is 3.94. The molecule has 0 saturated heterocycles. The molecule has 0 unspecified atom stereocenters. The number of ether oxygens (including phenoxy) is 2. The van der Waals surface area contributed by atoms with Gasteiger partial charge in [-0.15, -0.1) is 13.2 Å². The lowest BCUT2D eigenvalue weighted by atomic mass is 10.1. The number of nitrogens with zero attached hydrogens (tertiary/aromatic N) is 2. The smallest absolute Gasteiger partial charge is 0.457 e. The van der Waals surface area contributed by atoms with Crippen LogP contribution < -0.4 is 9.47 Å². The Kier molecular flexibility index (Phi) is 4.70. The molecule has 5 nitrogen and oxygen atoms in total. The number of aromatic nitrogens is 2. The van der Waals surface area contributed by atoms with Crippen molar-refractivity contribution in [2.75, 3.05) is 0 Å². The molecule has 0 bridgehead atoms. The first-order valence-corrected chi connectivity index (χ1v) is 9.65. The second kappa shape index (κ2) is 7.56. The van der Waals surface area contributed by atoms with Gasteiger partial charge in [-0.3, -0.25) is 0 Å². The van der Waals surface area contributed by atoms with Gasteiger partial charge in [-0.2, -0.15) is 0 Å². The molecule has 0 aliphatic rings. The van der Waals surface area contributed by atoms with E-state index in [1.165, 1.54) is 0 Å². The second-order valence-corrected chi connectivity index (χ2v) is 7.13. The van der Waals surface area contributed by atoms with Gasteiger partial charge in [-0.1, -0.05) is 24.3 Å². The number of benzene rings is 3. The Morgan fingerprint density at radius 1 is 0.938 bits per heavy atom. The van der Waals surface area contributed by atoms with Gasteiger partial charge in [0, 0.05) is 5.56 Å². The zero-order valence-electron chi connectivity index (χ0n) is 16.7. The van der Waals surface area contributed by atoms with Crippen molar-refractivity contribution in [3.63, 3.8) is 0 Å². The van der Waals surface area contributed by atoms with E-state index >= 15 is 0 Å². The molecule has 0 radical (unpaired) electrons. The highest BCUT2D eigenvalue weighted by molar-refractivity contribution is 5.95. The summed E-state index contributed by atoms with van der Waals surface area (Å²) in [7, 11) is 0. The Morgan fingerprint density at radius 3 is 2.53 bits per heavy atom. The Balaban J connectivity index is 1.60. The molecule has 160 valence electrons. The lowest BCUT2D eigenvalue weighted by Gasteiger charge is -2.09. The van der Waals surface area contributed by atoms with Crippen LogP contribution in [-0.4, -0.2) is 16.3 Å². The maximum absolute atomic E-state index is 12.6. The number of hydrogen-bond donors (Lipinski definition) is 0. The molecule has 0 aliphatic carbocycles. The quantitative estimate of drug-likeness (QED) is 0.302. The van der Waals surface area contributed by atoms with E-state index in [1.807, 2.05) is 67.6 Å². The molecule has 0 atom stereocenters. The highest BCUT2D eigenvalue weighted by atomic mass is 19.4. The van der Waals surface area contributed by atoms with E-state index in [-0.39, 0.29) is 5.52 Å². The van der Waals surface area contributed by atoms with Gasteiger partial charge in [0.2, 0.25) is 5.88 Å². The number of furan rings is 1. The molecular formula is C24H15F3N2O3. The molecular weight excluding hydrogens is 421 g/mol. The van der Waals surface area contributed by atoms with Crippen LogP contribution in [0, 0.1) is 6.92 Å². The number of rotatable bonds is 4. The molecule has 5 rings (SSSR count). The molecule has 2 aromatic heterocycles. The van der Waals surface area contributed by atoms with Crippen LogP contribution in [0.25, 0.3) is 33.3 Å². The first kappa shape index (κ1) is 19.9. The number of para-hydroxylation sites is 1. The topological polar surface area (TPSA) is 57.4 Å². The summed E-state index contributed by atoms with van der Waals surface area (Å²) >= 11 is 0. The normalized spacial score (nSPS) is 11.8. The fraction of sp³-hybridized carbons (Fsp3) is 0.0833. The third-order valence-electron chi connectivity index (χ3n) is 4.75. The van der Waals surface area contributed by atoms with Gasteiger partial charge < -0.3 is 13.9 Å². The average molecular weight is 436 g/mol. The molecule has 5 aromatic rings. The van der Waals surface area contributed by atoms with Crippen LogP contribution in [0.3, 0.4) is 0 Å². The number of halogens is 3. The second-order valence-electron chi connectivity index (χ2n) is 7.13. The molecule has 0 spiro atoms. The molecule has 3 aromatic carbocycles. The number of hydrogen-bond acceptors (Lipinski definition) is 5. The predicted octanol–water partition coefficient (Wildman–Crippen LogP) is 7.04.